The Hall–Kier alpha value is -1.12. The van der Waals surface area contributed by atoms with Gasteiger partial charge in [0.2, 0.25) is 0 Å². The van der Waals surface area contributed by atoms with Crippen LogP contribution in [-0.4, -0.2) is 30.2 Å². The Labute approximate surface area is 78.9 Å². The fourth-order valence-electron chi connectivity index (χ4n) is 1.42. The third-order valence-electron chi connectivity index (χ3n) is 2.28. The molecule has 0 fully saturated rings. The third kappa shape index (κ3) is 1.50. The van der Waals surface area contributed by atoms with Gasteiger partial charge in [-0.3, -0.25) is 4.99 Å². The zero-order chi connectivity index (χ0) is 9.47. The van der Waals surface area contributed by atoms with Crippen LogP contribution in [0.2, 0.25) is 0 Å². The second-order valence-corrected chi connectivity index (χ2v) is 4.46. The number of amidine groups is 1. The highest BCUT2D eigenvalue weighted by Crippen LogP contribution is 2.28. The molecule has 0 spiro atoms. The Kier molecular flexibility index (Phi) is 1.75. The minimum absolute atomic E-state index is 0.119. The molecular weight excluding hydrogens is 162 g/mol. The Balaban J connectivity index is 2.30. The van der Waals surface area contributed by atoms with E-state index in [1.807, 2.05) is 6.34 Å². The van der Waals surface area contributed by atoms with Gasteiger partial charge in [-0.15, -0.1) is 0 Å². The van der Waals surface area contributed by atoms with Crippen molar-refractivity contribution < 1.29 is 0 Å². The van der Waals surface area contributed by atoms with Crippen molar-refractivity contribution in [2.24, 2.45) is 15.4 Å². The highest BCUT2D eigenvalue weighted by atomic mass is 15.3. The fraction of sp³-hybridized carbons (Fsp3) is 0.600. The lowest BCUT2D eigenvalue weighted by molar-refractivity contribution is 0.494. The first-order valence-electron chi connectivity index (χ1n) is 4.65. The minimum atomic E-state index is 0.119. The molecule has 2 aliphatic rings. The summed E-state index contributed by atoms with van der Waals surface area (Å²) in [6.45, 7) is 8.38. The molecule has 3 nitrogen and oxygen atoms in total. The van der Waals surface area contributed by atoms with Gasteiger partial charge in [0.1, 0.15) is 5.84 Å². The minimum Gasteiger partial charge on any atom is -0.316 e. The lowest BCUT2D eigenvalue weighted by Gasteiger charge is -2.24. The Morgan fingerprint density at radius 3 is 2.85 bits per heavy atom. The van der Waals surface area contributed by atoms with Crippen molar-refractivity contribution in [2.45, 2.75) is 20.8 Å². The van der Waals surface area contributed by atoms with Gasteiger partial charge >= 0.3 is 0 Å². The maximum atomic E-state index is 4.42. The van der Waals surface area contributed by atoms with E-state index < -0.39 is 0 Å². The van der Waals surface area contributed by atoms with E-state index in [1.54, 1.807) is 0 Å². The SMILES string of the molecule is CC(C)(C)C1=CC2=NCCN2C=N1. The summed E-state index contributed by atoms with van der Waals surface area (Å²) >= 11 is 0. The number of fused-ring (bicyclic) bond motifs is 1. The fourth-order valence-corrected chi connectivity index (χ4v) is 1.42. The smallest absolute Gasteiger partial charge is 0.130 e. The molecule has 0 atom stereocenters. The zero-order valence-corrected chi connectivity index (χ0v) is 8.41. The van der Waals surface area contributed by atoms with Crippen LogP contribution in [-0.2, 0) is 0 Å². The Morgan fingerprint density at radius 1 is 1.38 bits per heavy atom. The number of hydrogen-bond donors (Lipinski definition) is 0. The van der Waals surface area contributed by atoms with Crippen molar-refractivity contribution in [2.75, 3.05) is 13.1 Å². The van der Waals surface area contributed by atoms with Gasteiger partial charge in [-0.1, -0.05) is 20.8 Å². The van der Waals surface area contributed by atoms with Gasteiger partial charge in [-0.05, 0) is 0 Å². The van der Waals surface area contributed by atoms with Crippen LogP contribution in [0.25, 0.3) is 0 Å². The van der Waals surface area contributed by atoms with Crippen molar-refractivity contribution in [3.63, 3.8) is 0 Å². The highest BCUT2D eigenvalue weighted by molar-refractivity contribution is 6.03. The van der Waals surface area contributed by atoms with E-state index in [2.05, 4.69) is 41.7 Å². The van der Waals surface area contributed by atoms with E-state index in [4.69, 9.17) is 0 Å². The van der Waals surface area contributed by atoms with Crippen molar-refractivity contribution in [1.82, 2.24) is 4.90 Å². The standard InChI is InChI=1S/C10H15N3/c1-10(2,3)8-6-9-11-4-5-13(9)7-12-8/h6-7H,4-5H2,1-3H3. The molecule has 0 saturated heterocycles. The molecule has 0 radical (unpaired) electrons. The van der Waals surface area contributed by atoms with Crippen LogP contribution in [0.5, 0.6) is 0 Å². The summed E-state index contributed by atoms with van der Waals surface area (Å²) < 4.78 is 0. The molecule has 0 aromatic heterocycles. The number of allylic oxidation sites excluding steroid dienone is 1. The number of nitrogens with zero attached hydrogens (tertiary/aromatic N) is 3. The van der Waals surface area contributed by atoms with Gasteiger partial charge < -0.3 is 4.90 Å². The monoisotopic (exact) mass is 177 g/mol. The molecule has 0 aliphatic carbocycles. The molecule has 0 amide bonds. The van der Waals surface area contributed by atoms with E-state index in [-0.39, 0.29) is 5.41 Å². The summed E-state index contributed by atoms with van der Waals surface area (Å²) in [6.07, 6.45) is 3.99. The van der Waals surface area contributed by atoms with Crippen LogP contribution >= 0.6 is 0 Å². The van der Waals surface area contributed by atoms with E-state index in [0.717, 1.165) is 24.6 Å². The van der Waals surface area contributed by atoms with Crippen molar-refractivity contribution >= 4 is 12.2 Å². The first kappa shape index (κ1) is 8.48. The molecule has 0 aromatic carbocycles. The second kappa shape index (κ2) is 2.69. The number of hydrogen-bond acceptors (Lipinski definition) is 3. The predicted molar refractivity (Wildman–Crippen MR) is 55.0 cm³/mol. The molecule has 2 rings (SSSR count). The van der Waals surface area contributed by atoms with Crippen LogP contribution in [0.1, 0.15) is 20.8 Å². The topological polar surface area (TPSA) is 28.0 Å². The third-order valence-corrected chi connectivity index (χ3v) is 2.28. The van der Waals surface area contributed by atoms with E-state index in [0.29, 0.717) is 0 Å². The molecule has 0 N–H and O–H groups in total. The quantitative estimate of drug-likeness (QED) is 0.553. The van der Waals surface area contributed by atoms with E-state index in [9.17, 15) is 0 Å². The molecule has 13 heavy (non-hydrogen) atoms. The summed E-state index contributed by atoms with van der Waals surface area (Å²) in [6, 6.07) is 0. The predicted octanol–water partition coefficient (Wildman–Crippen LogP) is 1.67. The molecule has 0 saturated carbocycles. The molecule has 0 aromatic rings. The van der Waals surface area contributed by atoms with Crippen LogP contribution in [0.15, 0.2) is 21.8 Å². The molecule has 0 unspecified atom stereocenters. The zero-order valence-electron chi connectivity index (χ0n) is 8.41. The maximum absolute atomic E-state index is 4.42. The summed E-state index contributed by atoms with van der Waals surface area (Å²) in [5.41, 5.74) is 1.23. The van der Waals surface area contributed by atoms with E-state index in [1.165, 1.54) is 0 Å². The molecule has 2 aliphatic heterocycles. The largest absolute Gasteiger partial charge is 0.316 e. The molecule has 2 heterocycles. The van der Waals surface area contributed by atoms with Crippen molar-refractivity contribution in [1.29, 1.82) is 0 Å². The van der Waals surface area contributed by atoms with Gasteiger partial charge in [-0.2, -0.15) is 0 Å². The highest BCUT2D eigenvalue weighted by Gasteiger charge is 2.23. The number of aliphatic imine (C=N–C) groups is 2. The average molecular weight is 177 g/mol. The van der Waals surface area contributed by atoms with Gasteiger partial charge in [0, 0.05) is 18.0 Å². The van der Waals surface area contributed by atoms with Crippen molar-refractivity contribution in [3.05, 3.63) is 11.8 Å². The molecular formula is C10H15N3. The maximum Gasteiger partial charge on any atom is 0.130 e. The number of rotatable bonds is 0. The van der Waals surface area contributed by atoms with Crippen LogP contribution in [0.4, 0.5) is 0 Å². The van der Waals surface area contributed by atoms with Gasteiger partial charge in [0.25, 0.3) is 0 Å². The van der Waals surface area contributed by atoms with Gasteiger partial charge in [-0.25, -0.2) is 4.99 Å². The molecule has 0 bridgehead atoms. The Morgan fingerprint density at radius 2 is 2.15 bits per heavy atom. The van der Waals surface area contributed by atoms with Crippen LogP contribution in [0.3, 0.4) is 0 Å². The van der Waals surface area contributed by atoms with Gasteiger partial charge in [0.05, 0.1) is 18.6 Å². The van der Waals surface area contributed by atoms with Crippen LogP contribution < -0.4 is 0 Å². The first-order chi connectivity index (χ1) is 6.07. The average Bonchev–Trinajstić information content (AvgIpc) is 2.47. The summed E-state index contributed by atoms with van der Waals surface area (Å²) in [7, 11) is 0. The second-order valence-electron chi connectivity index (χ2n) is 4.46. The van der Waals surface area contributed by atoms with E-state index >= 15 is 0 Å². The lowest BCUT2D eigenvalue weighted by atomic mass is 9.91. The summed E-state index contributed by atoms with van der Waals surface area (Å²) in [5.74, 6) is 1.07. The Bertz CT molecular complexity index is 305. The summed E-state index contributed by atoms with van der Waals surface area (Å²) in [4.78, 5) is 10.9. The molecule has 70 valence electrons. The molecule has 3 heteroatoms. The van der Waals surface area contributed by atoms with Crippen molar-refractivity contribution in [3.8, 4) is 0 Å². The lowest BCUT2D eigenvalue weighted by Crippen LogP contribution is -2.29. The normalized spacial score (nSPS) is 21.3. The van der Waals surface area contributed by atoms with Gasteiger partial charge in [0.15, 0.2) is 0 Å². The first-order valence-corrected chi connectivity index (χ1v) is 4.65. The summed E-state index contributed by atoms with van der Waals surface area (Å²) in [5, 5.41) is 0. The van der Waals surface area contributed by atoms with Crippen LogP contribution in [0, 0.1) is 5.41 Å².